The van der Waals surface area contributed by atoms with Gasteiger partial charge in [-0.25, -0.2) is 9.59 Å². The van der Waals surface area contributed by atoms with Gasteiger partial charge in [0.2, 0.25) is 0 Å². The van der Waals surface area contributed by atoms with Crippen LogP contribution >= 0.6 is 0 Å². The summed E-state index contributed by atoms with van der Waals surface area (Å²) in [4.78, 5) is 24.8. The number of nitrogens with zero attached hydrogens (tertiary/aromatic N) is 1. The molecule has 0 spiro atoms. The Morgan fingerprint density at radius 1 is 1.15 bits per heavy atom. The average molecular weight is 287 g/mol. The van der Waals surface area contributed by atoms with E-state index in [1.165, 1.54) is 4.90 Å². The SMILES string of the molecule is CCCCCCC(C(=O)O)N(CC)C(=O)OC(C)(C)C. The van der Waals surface area contributed by atoms with Crippen LogP contribution in [0.2, 0.25) is 0 Å². The number of hydrogen-bond donors (Lipinski definition) is 1. The zero-order chi connectivity index (χ0) is 15.8. The molecular formula is C15H29NO4. The molecule has 0 aliphatic carbocycles. The maximum absolute atomic E-state index is 12.1. The lowest BCUT2D eigenvalue weighted by Gasteiger charge is -2.30. The van der Waals surface area contributed by atoms with E-state index in [9.17, 15) is 14.7 Å². The molecule has 0 fully saturated rings. The zero-order valence-corrected chi connectivity index (χ0v) is 13.4. The van der Waals surface area contributed by atoms with Gasteiger partial charge in [0.15, 0.2) is 0 Å². The molecule has 0 bridgehead atoms. The molecule has 0 aromatic carbocycles. The minimum Gasteiger partial charge on any atom is -0.480 e. The van der Waals surface area contributed by atoms with Gasteiger partial charge in [0, 0.05) is 6.54 Å². The van der Waals surface area contributed by atoms with E-state index in [1.807, 2.05) is 0 Å². The van der Waals surface area contributed by atoms with Crippen molar-refractivity contribution in [3.8, 4) is 0 Å². The summed E-state index contributed by atoms with van der Waals surface area (Å²) in [6, 6.07) is -0.799. The molecule has 0 saturated carbocycles. The molecule has 0 rings (SSSR count). The van der Waals surface area contributed by atoms with Gasteiger partial charge < -0.3 is 9.84 Å². The minimum absolute atomic E-state index is 0.333. The molecule has 0 radical (unpaired) electrons. The van der Waals surface area contributed by atoms with Gasteiger partial charge in [0.25, 0.3) is 0 Å². The number of aliphatic carboxylic acids is 1. The molecule has 0 saturated heterocycles. The molecule has 0 aliphatic heterocycles. The van der Waals surface area contributed by atoms with E-state index >= 15 is 0 Å². The van der Waals surface area contributed by atoms with Gasteiger partial charge in [0.1, 0.15) is 11.6 Å². The number of carboxylic acid groups (broad SMARTS) is 1. The maximum Gasteiger partial charge on any atom is 0.411 e. The van der Waals surface area contributed by atoms with E-state index in [0.29, 0.717) is 13.0 Å². The molecule has 0 aliphatic rings. The molecule has 0 aromatic heterocycles. The number of carbonyl (C=O) groups excluding carboxylic acids is 1. The van der Waals surface area contributed by atoms with Crippen molar-refractivity contribution in [3.63, 3.8) is 0 Å². The number of unbranched alkanes of at least 4 members (excludes halogenated alkanes) is 3. The lowest BCUT2D eigenvalue weighted by Crippen LogP contribution is -2.47. The van der Waals surface area contributed by atoms with E-state index in [0.717, 1.165) is 25.7 Å². The molecular weight excluding hydrogens is 258 g/mol. The van der Waals surface area contributed by atoms with Crippen molar-refractivity contribution in [1.29, 1.82) is 0 Å². The van der Waals surface area contributed by atoms with Crippen molar-refractivity contribution in [2.75, 3.05) is 6.54 Å². The Morgan fingerprint density at radius 3 is 2.15 bits per heavy atom. The third kappa shape index (κ3) is 7.36. The Kier molecular flexibility index (Phi) is 8.26. The highest BCUT2D eigenvalue weighted by Crippen LogP contribution is 2.16. The molecule has 0 aromatic rings. The summed E-state index contributed by atoms with van der Waals surface area (Å²) in [5.41, 5.74) is -0.615. The predicted octanol–water partition coefficient (Wildman–Crippen LogP) is 3.67. The molecule has 20 heavy (non-hydrogen) atoms. The van der Waals surface area contributed by atoms with Crippen LogP contribution in [-0.4, -0.2) is 40.3 Å². The lowest BCUT2D eigenvalue weighted by atomic mass is 10.1. The predicted molar refractivity (Wildman–Crippen MR) is 78.8 cm³/mol. The van der Waals surface area contributed by atoms with Crippen molar-refractivity contribution < 1.29 is 19.4 Å². The van der Waals surface area contributed by atoms with Gasteiger partial charge in [-0.15, -0.1) is 0 Å². The van der Waals surface area contributed by atoms with E-state index in [2.05, 4.69) is 6.92 Å². The lowest BCUT2D eigenvalue weighted by molar-refractivity contribution is -0.143. The number of ether oxygens (including phenoxy) is 1. The molecule has 5 nitrogen and oxygen atoms in total. The highest BCUT2D eigenvalue weighted by Gasteiger charge is 2.31. The minimum atomic E-state index is -0.964. The first-order valence-corrected chi connectivity index (χ1v) is 7.45. The smallest absolute Gasteiger partial charge is 0.411 e. The summed E-state index contributed by atoms with van der Waals surface area (Å²) < 4.78 is 5.27. The van der Waals surface area contributed by atoms with Crippen LogP contribution in [0.3, 0.4) is 0 Å². The summed E-state index contributed by atoms with van der Waals surface area (Å²) in [6.45, 7) is 9.53. The van der Waals surface area contributed by atoms with E-state index in [4.69, 9.17) is 4.74 Å². The molecule has 1 amide bonds. The first kappa shape index (κ1) is 18.7. The van der Waals surface area contributed by atoms with Gasteiger partial charge in [0.05, 0.1) is 0 Å². The standard InChI is InChI=1S/C15H29NO4/c1-6-8-9-10-11-12(13(17)18)16(7-2)14(19)20-15(3,4)5/h12H,6-11H2,1-5H3,(H,17,18). The Labute approximate surface area is 122 Å². The van der Waals surface area contributed by atoms with Crippen LogP contribution in [0.1, 0.15) is 66.7 Å². The van der Waals surface area contributed by atoms with Crippen LogP contribution in [0.15, 0.2) is 0 Å². The quantitative estimate of drug-likeness (QED) is 0.692. The van der Waals surface area contributed by atoms with Crippen molar-refractivity contribution in [2.45, 2.75) is 78.4 Å². The van der Waals surface area contributed by atoms with Crippen LogP contribution in [0.4, 0.5) is 4.79 Å². The Bertz CT molecular complexity index is 309. The fourth-order valence-corrected chi connectivity index (χ4v) is 1.97. The molecule has 0 heterocycles. The number of likely N-dealkylation sites (N-methyl/N-ethyl adjacent to an activating group) is 1. The fraction of sp³-hybridized carbons (Fsp3) is 0.867. The number of rotatable bonds is 8. The van der Waals surface area contributed by atoms with E-state index < -0.39 is 23.7 Å². The van der Waals surface area contributed by atoms with Gasteiger partial charge >= 0.3 is 12.1 Å². The van der Waals surface area contributed by atoms with Gasteiger partial charge in [-0.3, -0.25) is 4.90 Å². The van der Waals surface area contributed by atoms with Crippen LogP contribution in [0.25, 0.3) is 0 Å². The van der Waals surface area contributed by atoms with Crippen LogP contribution in [0.5, 0.6) is 0 Å². The normalized spacial score (nSPS) is 12.8. The number of hydrogen-bond acceptors (Lipinski definition) is 3. The summed E-state index contributed by atoms with van der Waals surface area (Å²) in [6.07, 6.45) is 3.91. The maximum atomic E-state index is 12.1. The van der Waals surface area contributed by atoms with Crippen LogP contribution in [-0.2, 0) is 9.53 Å². The second kappa shape index (κ2) is 8.82. The third-order valence-corrected chi connectivity index (χ3v) is 2.96. The molecule has 1 atom stereocenters. The second-order valence-corrected chi connectivity index (χ2v) is 5.97. The van der Waals surface area contributed by atoms with Crippen molar-refractivity contribution in [1.82, 2.24) is 4.90 Å². The Balaban J connectivity index is 4.66. The van der Waals surface area contributed by atoms with E-state index in [-0.39, 0.29) is 0 Å². The topological polar surface area (TPSA) is 66.8 Å². The second-order valence-electron chi connectivity index (χ2n) is 5.97. The largest absolute Gasteiger partial charge is 0.480 e. The van der Waals surface area contributed by atoms with Crippen molar-refractivity contribution in [2.24, 2.45) is 0 Å². The van der Waals surface area contributed by atoms with Crippen molar-refractivity contribution >= 4 is 12.1 Å². The summed E-state index contributed by atoms with van der Waals surface area (Å²) in [5.74, 6) is -0.964. The van der Waals surface area contributed by atoms with Crippen LogP contribution < -0.4 is 0 Å². The van der Waals surface area contributed by atoms with Gasteiger partial charge in [-0.1, -0.05) is 32.6 Å². The number of carbonyl (C=O) groups is 2. The summed E-state index contributed by atoms with van der Waals surface area (Å²) in [5, 5.41) is 9.33. The summed E-state index contributed by atoms with van der Waals surface area (Å²) in [7, 11) is 0. The fourth-order valence-electron chi connectivity index (χ4n) is 1.97. The highest BCUT2D eigenvalue weighted by molar-refractivity contribution is 5.80. The Morgan fingerprint density at radius 2 is 1.75 bits per heavy atom. The first-order valence-electron chi connectivity index (χ1n) is 7.45. The third-order valence-electron chi connectivity index (χ3n) is 2.96. The Hall–Kier alpha value is -1.26. The van der Waals surface area contributed by atoms with Gasteiger partial charge in [-0.05, 0) is 34.1 Å². The number of amides is 1. The first-order chi connectivity index (χ1) is 9.22. The summed E-state index contributed by atoms with van der Waals surface area (Å²) >= 11 is 0. The van der Waals surface area contributed by atoms with Crippen LogP contribution in [0, 0.1) is 0 Å². The van der Waals surface area contributed by atoms with Gasteiger partial charge in [-0.2, -0.15) is 0 Å². The number of carboxylic acids is 1. The molecule has 1 unspecified atom stereocenters. The van der Waals surface area contributed by atoms with Crippen molar-refractivity contribution in [3.05, 3.63) is 0 Å². The zero-order valence-electron chi connectivity index (χ0n) is 13.4. The molecule has 5 heteroatoms. The molecule has 118 valence electrons. The highest BCUT2D eigenvalue weighted by atomic mass is 16.6. The monoisotopic (exact) mass is 287 g/mol. The molecule has 1 N–H and O–H groups in total. The average Bonchev–Trinajstić information content (AvgIpc) is 2.30. The van der Waals surface area contributed by atoms with E-state index in [1.54, 1.807) is 27.7 Å².